The maximum atomic E-state index is 12.5. The van der Waals surface area contributed by atoms with Gasteiger partial charge in [0.1, 0.15) is 5.66 Å². The summed E-state index contributed by atoms with van der Waals surface area (Å²) in [7, 11) is -1.06. The standard InChI is InChI=1S/C12H13N2O3P/c1-16-18(15,17-2)12(11(8-13)9-14)10-6-4-3-5-7-10/h3-7,11-12H,1-2H3/t12-/m0/s1. The highest BCUT2D eigenvalue weighted by Gasteiger charge is 2.41. The Balaban J connectivity index is 3.34. The maximum Gasteiger partial charge on any atom is 0.339 e. The summed E-state index contributed by atoms with van der Waals surface area (Å²) >= 11 is 0. The summed E-state index contributed by atoms with van der Waals surface area (Å²) in [6, 6.07) is 12.3. The molecule has 0 aliphatic carbocycles. The van der Waals surface area contributed by atoms with E-state index in [0.717, 1.165) is 0 Å². The second-order valence-corrected chi connectivity index (χ2v) is 5.86. The summed E-state index contributed by atoms with van der Waals surface area (Å²) in [5, 5.41) is 18.0. The highest BCUT2D eigenvalue weighted by atomic mass is 31.2. The molecule has 0 saturated carbocycles. The van der Waals surface area contributed by atoms with Crippen molar-refractivity contribution >= 4 is 7.60 Å². The Kier molecular flexibility index (Phi) is 5.07. The number of hydrogen-bond acceptors (Lipinski definition) is 5. The van der Waals surface area contributed by atoms with Crippen molar-refractivity contribution in [2.45, 2.75) is 5.66 Å². The van der Waals surface area contributed by atoms with E-state index in [1.807, 2.05) is 12.1 Å². The van der Waals surface area contributed by atoms with E-state index in [9.17, 15) is 4.57 Å². The fourth-order valence-electron chi connectivity index (χ4n) is 1.68. The second kappa shape index (κ2) is 6.33. The first-order chi connectivity index (χ1) is 8.62. The Morgan fingerprint density at radius 1 is 1.11 bits per heavy atom. The molecule has 0 aliphatic heterocycles. The van der Waals surface area contributed by atoms with Crippen LogP contribution in [0.2, 0.25) is 0 Å². The van der Waals surface area contributed by atoms with E-state index in [2.05, 4.69) is 0 Å². The minimum Gasteiger partial charge on any atom is -0.311 e. The van der Waals surface area contributed by atoms with Crippen molar-refractivity contribution in [1.29, 1.82) is 10.5 Å². The van der Waals surface area contributed by atoms with Crippen LogP contribution in [-0.2, 0) is 13.6 Å². The van der Waals surface area contributed by atoms with E-state index in [4.69, 9.17) is 19.6 Å². The lowest BCUT2D eigenvalue weighted by Crippen LogP contribution is -2.12. The van der Waals surface area contributed by atoms with Crippen LogP contribution in [0.5, 0.6) is 0 Å². The Labute approximate surface area is 106 Å². The summed E-state index contributed by atoms with van der Waals surface area (Å²) < 4.78 is 22.3. The van der Waals surface area contributed by atoms with Gasteiger partial charge in [-0.15, -0.1) is 0 Å². The smallest absolute Gasteiger partial charge is 0.311 e. The fraction of sp³-hybridized carbons (Fsp3) is 0.333. The van der Waals surface area contributed by atoms with Crippen LogP contribution in [0.1, 0.15) is 11.2 Å². The first-order valence-electron chi connectivity index (χ1n) is 5.18. The lowest BCUT2D eigenvalue weighted by atomic mass is 10.0. The minimum absolute atomic E-state index is 0.581. The maximum absolute atomic E-state index is 12.5. The quantitative estimate of drug-likeness (QED) is 0.763. The van der Waals surface area contributed by atoms with Crippen LogP contribution in [0.15, 0.2) is 30.3 Å². The Morgan fingerprint density at radius 3 is 2.00 bits per heavy atom. The Bertz CT molecular complexity index is 496. The number of hydrogen-bond donors (Lipinski definition) is 0. The number of benzene rings is 1. The largest absolute Gasteiger partial charge is 0.339 e. The number of nitriles is 2. The van der Waals surface area contributed by atoms with Crippen molar-refractivity contribution in [2.75, 3.05) is 14.2 Å². The third kappa shape index (κ3) is 2.78. The van der Waals surface area contributed by atoms with E-state index in [1.165, 1.54) is 14.2 Å². The van der Waals surface area contributed by atoms with Gasteiger partial charge in [-0.2, -0.15) is 10.5 Å². The van der Waals surface area contributed by atoms with Crippen LogP contribution in [0.4, 0.5) is 0 Å². The third-order valence-electron chi connectivity index (χ3n) is 2.58. The molecule has 0 bridgehead atoms. The number of nitrogens with zero attached hydrogens (tertiary/aromatic N) is 2. The van der Waals surface area contributed by atoms with Crippen molar-refractivity contribution < 1.29 is 13.6 Å². The van der Waals surface area contributed by atoms with Gasteiger partial charge >= 0.3 is 7.60 Å². The molecule has 0 N–H and O–H groups in total. The summed E-state index contributed by atoms with van der Waals surface area (Å²) in [6.45, 7) is 0. The lowest BCUT2D eigenvalue weighted by Gasteiger charge is -2.25. The molecule has 1 aromatic rings. The van der Waals surface area contributed by atoms with Gasteiger partial charge in [-0.3, -0.25) is 4.57 Å². The molecular weight excluding hydrogens is 251 g/mol. The summed E-state index contributed by atoms with van der Waals surface area (Å²) in [4.78, 5) is 0. The fourth-order valence-corrected chi connectivity index (χ4v) is 3.32. The van der Waals surface area contributed by atoms with Gasteiger partial charge in [0.05, 0.1) is 12.1 Å². The van der Waals surface area contributed by atoms with Crippen molar-refractivity contribution in [3.05, 3.63) is 35.9 Å². The zero-order valence-electron chi connectivity index (χ0n) is 10.1. The molecule has 0 amide bonds. The first-order valence-corrected chi connectivity index (χ1v) is 6.79. The molecule has 0 spiro atoms. The average molecular weight is 264 g/mol. The SMILES string of the molecule is COP(=O)(OC)[C@@H](c1ccccc1)C(C#N)C#N. The molecule has 6 heteroatoms. The minimum atomic E-state index is -3.55. The van der Waals surface area contributed by atoms with E-state index in [0.29, 0.717) is 5.56 Å². The van der Waals surface area contributed by atoms with E-state index in [-0.39, 0.29) is 0 Å². The average Bonchev–Trinajstić information content (AvgIpc) is 2.44. The highest BCUT2D eigenvalue weighted by molar-refractivity contribution is 7.54. The molecule has 18 heavy (non-hydrogen) atoms. The highest BCUT2D eigenvalue weighted by Crippen LogP contribution is 2.62. The van der Waals surface area contributed by atoms with Gasteiger partial charge < -0.3 is 9.05 Å². The summed E-state index contributed by atoms with van der Waals surface area (Å²) in [6.07, 6.45) is 0. The van der Waals surface area contributed by atoms with Crippen LogP contribution < -0.4 is 0 Å². The van der Waals surface area contributed by atoms with Gasteiger partial charge in [0.15, 0.2) is 5.92 Å². The topological polar surface area (TPSA) is 83.1 Å². The third-order valence-corrected chi connectivity index (χ3v) is 4.88. The predicted molar refractivity (Wildman–Crippen MR) is 65.5 cm³/mol. The van der Waals surface area contributed by atoms with Crippen LogP contribution in [0, 0.1) is 28.6 Å². The van der Waals surface area contributed by atoms with Crippen LogP contribution >= 0.6 is 7.60 Å². The molecule has 0 heterocycles. The molecule has 0 aliphatic rings. The van der Waals surface area contributed by atoms with Crippen molar-refractivity contribution in [3.63, 3.8) is 0 Å². The predicted octanol–water partition coefficient (Wildman–Crippen LogP) is 2.88. The van der Waals surface area contributed by atoms with Crippen LogP contribution in [0.25, 0.3) is 0 Å². The molecule has 94 valence electrons. The van der Waals surface area contributed by atoms with Gasteiger partial charge in [-0.05, 0) is 5.56 Å². The monoisotopic (exact) mass is 264 g/mol. The molecule has 0 saturated heterocycles. The zero-order chi connectivity index (χ0) is 13.6. The molecule has 5 nitrogen and oxygen atoms in total. The lowest BCUT2D eigenvalue weighted by molar-refractivity contribution is 0.262. The summed E-state index contributed by atoms with van der Waals surface area (Å²) in [5.41, 5.74) is -0.332. The van der Waals surface area contributed by atoms with E-state index < -0.39 is 19.2 Å². The van der Waals surface area contributed by atoms with Crippen LogP contribution in [-0.4, -0.2) is 14.2 Å². The molecule has 0 fully saturated rings. The van der Waals surface area contributed by atoms with E-state index in [1.54, 1.807) is 30.3 Å². The van der Waals surface area contributed by atoms with Crippen LogP contribution in [0.3, 0.4) is 0 Å². The van der Waals surface area contributed by atoms with Gasteiger partial charge in [0.2, 0.25) is 0 Å². The van der Waals surface area contributed by atoms with Crippen molar-refractivity contribution in [2.24, 2.45) is 5.92 Å². The normalized spacial score (nSPS) is 12.7. The molecule has 1 rings (SSSR count). The first kappa shape index (κ1) is 14.4. The Morgan fingerprint density at radius 2 is 1.61 bits per heavy atom. The van der Waals surface area contributed by atoms with Gasteiger partial charge in [-0.1, -0.05) is 30.3 Å². The molecule has 1 atom stereocenters. The van der Waals surface area contributed by atoms with Gasteiger partial charge in [-0.25, -0.2) is 0 Å². The second-order valence-electron chi connectivity index (χ2n) is 3.50. The Hall–Kier alpha value is -1.65. The molecule has 0 radical (unpaired) electrons. The zero-order valence-corrected chi connectivity index (χ0v) is 11.0. The van der Waals surface area contributed by atoms with Crippen molar-refractivity contribution in [3.8, 4) is 12.1 Å². The molecular formula is C12H13N2O3P. The molecule has 1 aromatic carbocycles. The van der Waals surface area contributed by atoms with Gasteiger partial charge in [0, 0.05) is 14.2 Å². The van der Waals surface area contributed by atoms with Crippen molar-refractivity contribution in [1.82, 2.24) is 0 Å². The molecule has 0 aromatic heterocycles. The van der Waals surface area contributed by atoms with E-state index >= 15 is 0 Å². The summed E-state index contributed by atoms with van der Waals surface area (Å²) in [5.74, 6) is -1.10. The van der Waals surface area contributed by atoms with Gasteiger partial charge in [0.25, 0.3) is 0 Å². The number of rotatable bonds is 5. The molecule has 0 unspecified atom stereocenters.